The first-order valence-corrected chi connectivity index (χ1v) is 9.05. The normalized spacial score (nSPS) is 13.2. The minimum absolute atomic E-state index is 0.152. The average molecular weight is 364 g/mol. The van der Waals surface area contributed by atoms with Gasteiger partial charge < -0.3 is 10.1 Å². The van der Waals surface area contributed by atoms with Crippen LogP contribution in [0.5, 0.6) is 0 Å². The van der Waals surface area contributed by atoms with E-state index in [0.717, 1.165) is 36.8 Å². The van der Waals surface area contributed by atoms with Crippen LogP contribution in [0.2, 0.25) is 5.02 Å². The average Bonchev–Trinajstić information content (AvgIpc) is 2.94. The molecule has 1 aliphatic carbocycles. The maximum atomic E-state index is 12.4. The van der Waals surface area contributed by atoms with Crippen molar-refractivity contribution in [2.24, 2.45) is 0 Å². The first-order valence-electron chi connectivity index (χ1n) is 7.85. The predicted octanol–water partition coefficient (Wildman–Crippen LogP) is 4.25. The number of esters is 1. The number of aryl methyl sites for hydroxylation is 1. The van der Waals surface area contributed by atoms with Gasteiger partial charge in [-0.25, -0.2) is 4.79 Å². The second-order valence-electron chi connectivity index (χ2n) is 5.76. The first-order chi connectivity index (χ1) is 11.6. The van der Waals surface area contributed by atoms with E-state index in [1.54, 1.807) is 12.1 Å². The van der Waals surface area contributed by atoms with Gasteiger partial charge in [-0.05, 0) is 48.9 Å². The lowest BCUT2D eigenvalue weighted by Crippen LogP contribution is -2.16. The van der Waals surface area contributed by atoms with E-state index in [4.69, 9.17) is 16.3 Å². The molecule has 0 unspecified atom stereocenters. The van der Waals surface area contributed by atoms with Crippen LogP contribution in [0.3, 0.4) is 0 Å². The van der Waals surface area contributed by atoms with Gasteiger partial charge in [0.1, 0.15) is 5.00 Å². The van der Waals surface area contributed by atoms with Gasteiger partial charge >= 0.3 is 5.97 Å². The summed E-state index contributed by atoms with van der Waals surface area (Å²) in [5, 5.41) is 4.13. The Bertz CT molecular complexity index is 767. The number of benzene rings is 1. The highest BCUT2D eigenvalue weighted by Crippen LogP contribution is 2.38. The molecule has 0 saturated heterocycles. The van der Waals surface area contributed by atoms with E-state index in [2.05, 4.69) is 5.32 Å². The van der Waals surface area contributed by atoms with Crippen LogP contribution in [0, 0.1) is 0 Å². The summed E-state index contributed by atoms with van der Waals surface area (Å²) in [7, 11) is 1.37. The van der Waals surface area contributed by atoms with Crippen LogP contribution >= 0.6 is 22.9 Å². The van der Waals surface area contributed by atoms with Gasteiger partial charge in [-0.2, -0.15) is 0 Å². The number of hydrogen-bond acceptors (Lipinski definition) is 4. The third-order valence-corrected chi connectivity index (χ3v) is 5.55. The lowest BCUT2D eigenvalue weighted by molar-refractivity contribution is -0.115. The Kier molecular flexibility index (Phi) is 5.21. The Labute approximate surface area is 149 Å². The summed E-state index contributed by atoms with van der Waals surface area (Å²) in [6.45, 7) is 0. The van der Waals surface area contributed by atoms with E-state index in [9.17, 15) is 9.59 Å². The zero-order chi connectivity index (χ0) is 17.1. The van der Waals surface area contributed by atoms with E-state index in [0.29, 0.717) is 15.6 Å². The largest absolute Gasteiger partial charge is 0.465 e. The molecule has 0 spiro atoms. The lowest BCUT2D eigenvalue weighted by atomic mass is 9.95. The standard InChI is InChI=1S/C18H18ClNO3S/c1-23-18(22)16-13-4-2-3-5-14(13)24-17(16)20-15(21)10-11-6-8-12(19)9-7-11/h6-9H,2-5,10H2,1H3,(H,20,21). The van der Waals surface area contributed by atoms with Crippen molar-refractivity contribution in [1.82, 2.24) is 0 Å². The summed E-state index contributed by atoms with van der Waals surface area (Å²) >= 11 is 7.35. The maximum Gasteiger partial charge on any atom is 0.341 e. The van der Waals surface area contributed by atoms with Crippen LogP contribution in [-0.4, -0.2) is 19.0 Å². The molecule has 0 atom stereocenters. The van der Waals surface area contributed by atoms with Crippen molar-refractivity contribution in [2.75, 3.05) is 12.4 Å². The Morgan fingerprint density at radius 2 is 1.92 bits per heavy atom. The molecule has 2 aromatic rings. The molecule has 0 bridgehead atoms. The molecule has 0 radical (unpaired) electrons. The Balaban J connectivity index is 1.81. The highest BCUT2D eigenvalue weighted by molar-refractivity contribution is 7.17. The highest BCUT2D eigenvalue weighted by Gasteiger charge is 2.26. The van der Waals surface area contributed by atoms with Crippen molar-refractivity contribution >= 4 is 39.8 Å². The van der Waals surface area contributed by atoms with E-state index in [1.165, 1.54) is 23.3 Å². The summed E-state index contributed by atoms with van der Waals surface area (Å²) in [6, 6.07) is 7.16. The van der Waals surface area contributed by atoms with Gasteiger partial charge in [-0.15, -0.1) is 11.3 Å². The number of nitrogens with one attached hydrogen (secondary N) is 1. The van der Waals surface area contributed by atoms with Crippen LogP contribution in [0.25, 0.3) is 0 Å². The minimum atomic E-state index is -0.379. The van der Waals surface area contributed by atoms with E-state index in [-0.39, 0.29) is 18.3 Å². The molecule has 1 aromatic carbocycles. The van der Waals surface area contributed by atoms with Crippen molar-refractivity contribution < 1.29 is 14.3 Å². The van der Waals surface area contributed by atoms with Gasteiger partial charge in [-0.1, -0.05) is 23.7 Å². The molecule has 1 aromatic heterocycles. The zero-order valence-corrected chi connectivity index (χ0v) is 14.9. The van der Waals surface area contributed by atoms with Crippen LogP contribution in [0.1, 0.15) is 39.2 Å². The quantitative estimate of drug-likeness (QED) is 0.826. The maximum absolute atomic E-state index is 12.4. The zero-order valence-electron chi connectivity index (χ0n) is 13.4. The fraction of sp³-hybridized carbons (Fsp3) is 0.333. The molecule has 1 aliphatic rings. The lowest BCUT2D eigenvalue weighted by Gasteiger charge is -2.11. The molecule has 0 aliphatic heterocycles. The monoisotopic (exact) mass is 363 g/mol. The van der Waals surface area contributed by atoms with Gasteiger partial charge in [0, 0.05) is 9.90 Å². The third-order valence-electron chi connectivity index (χ3n) is 4.09. The summed E-state index contributed by atoms with van der Waals surface area (Å²) in [5.74, 6) is -0.530. The van der Waals surface area contributed by atoms with Gasteiger partial charge in [0.05, 0.1) is 19.1 Å². The number of amides is 1. The molecule has 0 fully saturated rings. The van der Waals surface area contributed by atoms with E-state index >= 15 is 0 Å². The molecular weight excluding hydrogens is 346 g/mol. The number of fused-ring (bicyclic) bond motifs is 1. The topological polar surface area (TPSA) is 55.4 Å². The SMILES string of the molecule is COC(=O)c1c(NC(=O)Cc2ccc(Cl)cc2)sc2c1CCCC2. The van der Waals surface area contributed by atoms with Gasteiger partial charge in [0.15, 0.2) is 0 Å². The van der Waals surface area contributed by atoms with Crippen molar-refractivity contribution in [3.8, 4) is 0 Å². The number of rotatable bonds is 4. The molecule has 4 nitrogen and oxygen atoms in total. The number of thiophene rings is 1. The summed E-state index contributed by atoms with van der Waals surface area (Å²) in [5.41, 5.74) is 2.44. The third kappa shape index (κ3) is 3.62. The van der Waals surface area contributed by atoms with Crippen LogP contribution in [-0.2, 0) is 28.8 Å². The Morgan fingerprint density at radius 1 is 1.21 bits per heavy atom. The van der Waals surface area contributed by atoms with Crippen LogP contribution < -0.4 is 5.32 Å². The van der Waals surface area contributed by atoms with Gasteiger partial charge in [0.2, 0.25) is 5.91 Å². The first kappa shape index (κ1) is 17.0. The van der Waals surface area contributed by atoms with Crippen LogP contribution in [0.15, 0.2) is 24.3 Å². The van der Waals surface area contributed by atoms with Crippen molar-refractivity contribution in [3.05, 3.63) is 50.9 Å². The van der Waals surface area contributed by atoms with Crippen molar-refractivity contribution in [3.63, 3.8) is 0 Å². The summed E-state index contributed by atoms with van der Waals surface area (Å²) in [6.07, 6.45) is 4.24. The van der Waals surface area contributed by atoms with Crippen molar-refractivity contribution in [2.45, 2.75) is 32.1 Å². The predicted molar refractivity (Wildman–Crippen MR) is 96.1 cm³/mol. The second-order valence-corrected chi connectivity index (χ2v) is 7.30. The number of halogens is 1. The molecule has 126 valence electrons. The summed E-state index contributed by atoms with van der Waals surface area (Å²) in [4.78, 5) is 25.7. The smallest absolute Gasteiger partial charge is 0.341 e. The highest BCUT2D eigenvalue weighted by atomic mass is 35.5. The molecule has 6 heteroatoms. The molecule has 3 rings (SSSR count). The summed E-state index contributed by atoms with van der Waals surface area (Å²) < 4.78 is 4.92. The Morgan fingerprint density at radius 3 is 2.62 bits per heavy atom. The molecule has 1 heterocycles. The fourth-order valence-electron chi connectivity index (χ4n) is 2.93. The second kappa shape index (κ2) is 7.36. The Hall–Kier alpha value is -1.85. The van der Waals surface area contributed by atoms with Crippen LogP contribution in [0.4, 0.5) is 5.00 Å². The number of hydrogen-bond donors (Lipinski definition) is 1. The molecule has 0 saturated carbocycles. The number of carbonyl (C=O) groups is 2. The number of anilines is 1. The van der Waals surface area contributed by atoms with Gasteiger partial charge in [0.25, 0.3) is 0 Å². The molecule has 1 N–H and O–H groups in total. The fourth-order valence-corrected chi connectivity index (χ4v) is 4.35. The van der Waals surface area contributed by atoms with E-state index < -0.39 is 0 Å². The number of ether oxygens (including phenoxy) is 1. The van der Waals surface area contributed by atoms with E-state index in [1.807, 2.05) is 12.1 Å². The van der Waals surface area contributed by atoms with Gasteiger partial charge in [-0.3, -0.25) is 4.79 Å². The number of carbonyl (C=O) groups excluding carboxylic acids is 2. The number of methoxy groups -OCH3 is 1. The molecular formula is C18H18ClNO3S. The minimum Gasteiger partial charge on any atom is -0.465 e. The molecule has 24 heavy (non-hydrogen) atoms. The molecule has 1 amide bonds. The van der Waals surface area contributed by atoms with Crippen molar-refractivity contribution in [1.29, 1.82) is 0 Å².